The van der Waals surface area contributed by atoms with Gasteiger partial charge in [0.25, 0.3) is 0 Å². The minimum Gasteiger partial charge on any atom is -0.481 e. The molecule has 106 valence electrons. The number of carboxylic acid groups (broad SMARTS) is 1. The molecule has 1 aromatic heterocycles. The summed E-state index contributed by atoms with van der Waals surface area (Å²) in [6, 6.07) is 3.63. The number of rotatable bonds is 4. The SMILES string of the molecule is N#Cc1ccnc(N2CCN(CCC(=O)O)CC2)c1Cl. The number of anilines is 1. The molecule has 1 N–H and O–H groups in total. The summed E-state index contributed by atoms with van der Waals surface area (Å²) in [5.74, 6) is -0.150. The Kier molecular flexibility index (Phi) is 4.77. The van der Waals surface area contributed by atoms with Gasteiger partial charge in [-0.2, -0.15) is 5.26 Å². The number of hydrogen-bond acceptors (Lipinski definition) is 5. The third kappa shape index (κ3) is 3.38. The van der Waals surface area contributed by atoms with Crippen LogP contribution in [-0.2, 0) is 4.79 Å². The summed E-state index contributed by atoms with van der Waals surface area (Å²) in [4.78, 5) is 18.9. The number of aliphatic carboxylic acids is 1. The first kappa shape index (κ1) is 14.6. The van der Waals surface area contributed by atoms with Gasteiger partial charge in [-0.3, -0.25) is 9.69 Å². The van der Waals surface area contributed by atoms with Gasteiger partial charge in [0.2, 0.25) is 0 Å². The van der Waals surface area contributed by atoms with Crippen molar-refractivity contribution >= 4 is 23.4 Å². The molecule has 0 spiro atoms. The highest BCUT2D eigenvalue weighted by Crippen LogP contribution is 2.27. The minimum absolute atomic E-state index is 0.156. The lowest BCUT2D eigenvalue weighted by atomic mass is 10.2. The molecule has 1 aliphatic rings. The van der Waals surface area contributed by atoms with Crippen LogP contribution in [0.2, 0.25) is 5.02 Å². The van der Waals surface area contributed by atoms with Crippen molar-refractivity contribution in [2.24, 2.45) is 0 Å². The second-order valence-electron chi connectivity index (χ2n) is 4.58. The van der Waals surface area contributed by atoms with Gasteiger partial charge >= 0.3 is 5.97 Å². The smallest absolute Gasteiger partial charge is 0.304 e. The molecular weight excluding hydrogens is 280 g/mol. The summed E-state index contributed by atoms with van der Waals surface area (Å²) < 4.78 is 0. The van der Waals surface area contributed by atoms with Gasteiger partial charge in [-0.15, -0.1) is 0 Å². The number of carbonyl (C=O) groups is 1. The molecule has 1 aliphatic heterocycles. The first-order valence-electron chi connectivity index (χ1n) is 6.35. The number of piperazine rings is 1. The Morgan fingerprint density at radius 1 is 1.45 bits per heavy atom. The van der Waals surface area contributed by atoms with E-state index in [1.54, 1.807) is 12.3 Å². The van der Waals surface area contributed by atoms with E-state index in [1.165, 1.54) is 0 Å². The predicted octanol–water partition coefficient (Wildman–Crippen LogP) is 1.20. The van der Waals surface area contributed by atoms with E-state index in [0.717, 1.165) is 26.2 Å². The number of halogens is 1. The Morgan fingerprint density at radius 3 is 2.75 bits per heavy atom. The first-order chi connectivity index (χ1) is 9.61. The molecule has 0 amide bonds. The third-order valence-electron chi connectivity index (χ3n) is 3.30. The van der Waals surface area contributed by atoms with Crippen molar-refractivity contribution in [3.05, 3.63) is 22.8 Å². The second kappa shape index (κ2) is 6.55. The Hall–Kier alpha value is -1.84. The maximum atomic E-state index is 10.5. The zero-order valence-electron chi connectivity index (χ0n) is 10.9. The highest BCUT2D eigenvalue weighted by atomic mass is 35.5. The summed E-state index contributed by atoms with van der Waals surface area (Å²) in [7, 11) is 0. The minimum atomic E-state index is -0.779. The second-order valence-corrected chi connectivity index (χ2v) is 4.96. The van der Waals surface area contributed by atoms with E-state index in [0.29, 0.717) is 22.9 Å². The van der Waals surface area contributed by atoms with E-state index in [2.05, 4.69) is 9.88 Å². The number of nitriles is 1. The van der Waals surface area contributed by atoms with Gasteiger partial charge in [-0.25, -0.2) is 4.98 Å². The van der Waals surface area contributed by atoms with E-state index < -0.39 is 5.97 Å². The van der Waals surface area contributed by atoms with Crippen LogP contribution in [0.25, 0.3) is 0 Å². The molecule has 0 aromatic carbocycles. The van der Waals surface area contributed by atoms with Crippen LogP contribution in [0.4, 0.5) is 5.82 Å². The lowest BCUT2D eigenvalue weighted by Gasteiger charge is -2.35. The summed E-state index contributed by atoms with van der Waals surface area (Å²) >= 11 is 6.16. The Morgan fingerprint density at radius 2 is 2.15 bits per heavy atom. The lowest BCUT2D eigenvalue weighted by molar-refractivity contribution is -0.137. The molecule has 7 heteroatoms. The number of carboxylic acids is 1. The van der Waals surface area contributed by atoms with Gasteiger partial charge in [0.05, 0.1) is 12.0 Å². The number of nitrogens with zero attached hydrogens (tertiary/aromatic N) is 4. The van der Waals surface area contributed by atoms with Gasteiger partial charge in [0.15, 0.2) is 0 Å². The van der Waals surface area contributed by atoms with Crippen LogP contribution in [0, 0.1) is 11.3 Å². The zero-order chi connectivity index (χ0) is 14.5. The molecule has 0 aliphatic carbocycles. The molecule has 1 aromatic rings. The zero-order valence-corrected chi connectivity index (χ0v) is 11.7. The van der Waals surface area contributed by atoms with E-state index >= 15 is 0 Å². The van der Waals surface area contributed by atoms with Crippen molar-refractivity contribution in [3.8, 4) is 6.07 Å². The Bertz CT molecular complexity index is 536. The van der Waals surface area contributed by atoms with Gasteiger partial charge in [0, 0.05) is 38.9 Å². The molecule has 1 fully saturated rings. The average Bonchev–Trinajstić information content (AvgIpc) is 2.46. The van der Waals surface area contributed by atoms with Crippen LogP contribution in [0.15, 0.2) is 12.3 Å². The van der Waals surface area contributed by atoms with Crippen LogP contribution in [0.5, 0.6) is 0 Å². The van der Waals surface area contributed by atoms with E-state index in [1.807, 2.05) is 11.0 Å². The standard InChI is InChI=1S/C13H15ClN4O2/c14-12-10(9-15)1-3-16-13(12)18-7-5-17(6-8-18)4-2-11(19)20/h1,3H,2,4-8H2,(H,19,20). The van der Waals surface area contributed by atoms with Gasteiger partial charge < -0.3 is 10.0 Å². The summed E-state index contributed by atoms with van der Waals surface area (Å²) in [6.45, 7) is 3.54. The normalized spacial score (nSPS) is 15.9. The van der Waals surface area contributed by atoms with Gasteiger partial charge in [-0.05, 0) is 6.07 Å². The number of hydrogen-bond donors (Lipinski definition) is 1. The van der Waals surface area contributed by atoms with Crippen molar-refractivity contribution in [1.82, 2.24) is 9.88 Å². The first-order valence-corrected chi connectivity index (χ1v) is 6.73. The molecule has 0 saturated carbocycles. The highest BCUT2D eigenvalue weighted by Gasteiger charge is 2.21. The monoisotopic (exact) mass is 294 g/mol. The third-order valence-corrected chi connectivity index (χ3v) is 3.68. The highest BCUT2D eigenvalue weighted by molar-refractivity contribution is 6.34. The van der Waals surface area contributed by atoms with Crippen LogP contribution >= 0.6 is 11.6 Å². The van der Waals surface area contributed by atoms with Crippen LogP contribution in [0.1, 0.15) is 12.0 Å². The van der Waals surface area contributed by atoms with Crippen molar-refractivity contribution < 1.29 is 9.90 Å². The summed E-state index contributed by atoms with van der Waals surface area (Å²) in [5.41, 5.74) is 0.421. The van der Waals surface area contributed by atoms with Crippen LogP contribution < -0.4 is 4.90 Å². The molecule has 0 unspecified atom stereocenters. The molecule has 0 radical (unpaired) electrons. The molecule has 20 heavy (non-hydrogen) atoms. The van der Waals surface area contributed by atoms with Crippen LogP contribution in [-0.4, -0.2) is 53.7 Å². The molecule has 2 rings (SSSR count). The number of pyridine rings is 1. The summed E-state index contributed by atoms with van der Waals surface area (Å²) in [5, 5.41) is 18.0. The molecule has 1 saturated heterocycles. The fraction of sp³-hybridized carbons (Fsp3) is 0.462. The maximum Gasteiger partial charge on any atom is 0.304 e. The number of aromatic nitrogens is 1. The fourth-order valence-corrected chi connectivity index (χ4v) is 2.45. The maximum absolute atomic E-state index is 10.5. The summed E-state index contributed by atoms with van der Waals surface area (Å²) in [6.07, 6.45) is 1.74. The van der Waals surface area contributed by atoms with Crippen molar-refractivity contribution in [2.75, 3.05) is 37.6 Å². The Balaban J connectivity index is 1.97. The van der Waals surface area contributed by atoms with E-state index in [-0.39, 0.29) is 6.42 Å². The molecule has 6 nitrogen and oxygen atoms in total. The van der Waals surface area contributed by atoms with Crippen molar-refractivity contribution in [2.45, 2.75) is 6.42 Å². The molecule has 0 atom stereocenters. The average molecular weight is 295 g/mol. The largest absolute Gasteiger partial charge is 0.481 e. The van der Waals surface area contributed by atoms with Crippen LogP contribution in [0.3, 0.4) is 0 Å². The quantitative estimate of drug-likeness (QED) is 0.899. The molecular formula is C13H15ClN4O2. The molecule has 0 bridgehead atoms. The van der Waals surface area contributed by atoms with Gasteiger partial charge in [-0.1, -0.05) is 11.6 Å². The van der Waals surface area contributed by atoms with Crippen molar-refractivity contribution in [1.29, 1.82) is 5.26 Å². The topological polar surface area (TPSA) is 80.5 Å². The fourth-order valence-electron chi connectivity index (χ4n) is 2.18. The van der Waals surface area contributed by atoms with Crippen molar-refractivity contribution in [3.63, 3.8) is 0 Å². The lowest BCUT2D eigenvalue weighted by Crippen LogP contribution is -2.47. The predicted molar refractivity (Wildman–Crippen MR) is 74.9 cm³/mol. The van der Waals surface area contributed by atoms with Gasteiger partial charge in [0.1, 0.15) is 16.9 Å². The van der Waals surface area contributed by atoms with E-state index in [9.17, 15) is 4.79 Å². The van der Waals surface area contributed by atoms with E-state index in [4.69, 9.17) is 22.0 Å². The molecule has 2 heterocycles. The Labute approximate surface area is 122 Å².